The van der Waals surface area contributed by atoms with Crippen LogP contribution >= 0.6 is 0 Å². The quantitative estimate of drug-likeness (QED) is 0.402. The van der Waals surface area contributed by atoms with Gasteiger partial charge in [-0.05, 0) is 32.1 Å². The molecule has 0 amide bonds. The average Bonchev–Trinajstić information content (AvgIpc) is 1.98. The van der Waals surface area contributed by atoms with Crippen molar-refractivity contribution in [3.8, 4) is 0 Å². The summed E-state index contributed by atoms with van der Waals surface area (Å²) >= 11 is 0. The van der Waals surface area contributed by atoms with Crippen LogP contribution in [0.5, 0.6) is 0 Å². The molecule has 0 radical (unpaired) electrons. The molecule has 58 valence electrons. The maximum Gasteiger partial charge on any atom is -0.0265 e. The molecule has 0 spiro atoms. The lowest BCUT2D eigenvalue weighted by molar-refractivity contribution is 0.613. The molecule has 0 fully saturated rings. The first kappa shape index (κ1) is 9.48. The van der Waals surface area contributed by atoms with E-state index in [0.29, 0.717) is 5.92 Å². The van der Waals surface area contributed by atoms with Crippen LogP contribution < -0.4 is 0 Å². The van der Waals surface area contributed by atoms with Gasteiger partial charge in [-0.2, -0.15) is 0 Å². The highest BCUT2D eigenvalue weighted by Gasteiger charge is 1.92. The highest BCUT2D eigenvalue weighted by atomic mass is 14.0. The largest absolute Gasteiger partial charge is 0.103 e. The smallest absolute Gasteiger partial charge is 0.0265 e. The Balaban J connectivity index is 3.11. The monoisotopic (exact) mass is 138 g/mol. The van der Waals surface area contributed by atoms with E-state index in [9.17, 15) is 0 Å². The molecule has 0 aromatic carbocycles. The summed E-state index contributed by atoms with van der Waals surface area (Å²) < 4.78 is 0. The highest BCUT2D eigenvalue weighted by molar-refractivity contribution is 4.79. The van der Waals surface area contributed by atoms with Crippen molar-refractivity contribution in [2.75, 3.05) is 0 Å². The molecular weight excluding hydrogens is 120 g/mol. The molecule has 0 N–H and O–H groups in total. The number of allylic oxidation sites excluding steroid dienone is 3. The van der Waals surface area contributed by atoms with Crippen LogP contribution in [0.1, 0.15) is 33.1 Å². The Morgan fingerprint density at radius 2 is 2.20 bits per heavy atom. The van der Waals surface area contributed by atoms with Gasteiger partial charge in [0.05, 0.1) is 0 Å². The van der Waals surface area contributed by atoms with Gasteiger partial charge in [-0.25, -0.2) is 0 Å². The molecule has 1 unspecified atom stereocenters. The third-order valence-electron chi connectivity index (χ3n) is 1.67. The molecule has 0 aliphatic rings. The second kappa shape index (κ2) is 6.60. The topological polar surface area (TPSA) is 0 Å². The van der Waals surface area contributed by atoms with Crippen molar-refractivity contribution < 1.29 is 0 Å². The van der Waals surface area contributed by atoms with Crippen LogP contribution in [-0.2, 0) is 0 Å². The van der Waals surface area contributed by atoms with E-state index in [1.165, 1.54) is 19.3 Å². The maximum absolute atomic E-state index is 3.74. The molecule has 0 aliphatic heterocycles. The van der Waals surface area contributed by atoms with E-state index in [-0.39, 0.29) is 0 Å². The lowest BCUT2D eigenvalue weighted by Gasteiger charge is -2.01. The molecule has 0 heteroatoms. The van der Waals surface area contributed by atoms with Gasteiger partial charge in [-0.3, -0.25) is 0 Å². The minimum absolute atomic E-state index is 0.685. The van der Waals surface area contributed by atoms with Gasteiger partial charge in [0.2, 0.25) is 0 Å². The van der Waals surface area contributed by atoms with Crippen LogP contribution in [0.3, 0.4) is 0 Å². The van der Waals surface area contributed by atoms with Crippen LogP contribution in [0.25, 0.3) is 0 Å². The van der Waals surface area contributed by atoms with Crippen LogP contribution in [-0.4, -0.2) is 0 Å². The number of rotatable bonds is 5. The van der Waals surface area contributed by atoms with Gasteiger partial charge in [0.25, 0.3) is 0 Å². The minimum atomic E-state index is 0.685. The molecule has 0 saturated carbocycles. The predicted molar refractivity (Wildman–Crippen MR) is 48.0 cm³/mol. The number of hydrogen-bond donors (Lipinski definition) is 0. The molecule has 0 nitrogen and oxygen atoms in total. The van der Waals surface area contributed by atoms with Crippen LogP contribution in [0.2, 0.25) is 0 Å². The zero-order valence-corrected chi connectivity index (χ0v) is 7.14. The third-order valence-corrected chi connectivity index (χ3v) is 1.67. The number of hydrogen-bond acceptors (Lipinski definition) is 0. The van der Waals surface area contributed by atoms with Crippen molar-refractivity contribution in [1.82, 2.24) is 0 Å². The molecule has 0 heterocycles. The van der Waals surface area contributed by atoms with Crippen LogP contribution in [0.15, 0.2) is 24.8 Å². The van der Waals surface area contributed by atoms with E-state index in [1.807, 2.05) is 6.08 Å². The molecule has 0 aliphatic carbocycles. The molecular formula is C10H18. The summed E-state index contributed by atoms with van der Waals surface area (Å²) in [5, 5.41) is 0. The van der Waals surface area contributed by atoms with Crippen molar-refractivity contribution in [1.29, 1.82) is 0 Å². The van der Waals surface area contributed by atoms with E-state index in [4.69, 9.17) is 0 Å². The molecule has 0 aromatic heterocycles. The van der Waals surface area contributed by atoms with Crippen molar-refractivity contribution in [2.45, 2.75) is 33.1 Å². The maximum atomic E-state index is 3.74. The summed E-state index contributed by atoms with van der Waals surface area (Å²) in [6.07, 6.45) is 10.1. The molecule has 0 rings (SSSR count). The molecule has 0 aromatic rings. The highest BCUT2D eigenvalue weighted by Crippen LogP contribution is 2.08. The molecule has 0 bridgehead atoms. The van der Waals surface area contributed by atoms with E-state index in [1.54, 1.807) is 0 Å². The summed E-state index contributed by atoms with van der Waals surface area (Å²) in [7, 11) is 0. The van der Waals surface area contributed by atoms with Crippen molar-refractivity contribution in [3.63, 3.8) is 0 Å². The number of unbranched alkanes of at least 4 members (excludes halogenated alkanes) is 1. The van der Waals surface area contributed by atoms with Crippen molar-refractivity contribution in [3.05, 3.63) is 24.8 Å². The van der Waals surface area contributed by atoms with Crippen molar-refractivity contribution >= 4 is 0 Å². The first-order valence-electron chi connectivity index (χ1n) is 4.05. The predicted octanol–water partition coefficient (Wildman–Crippen LogP) is 3.55. The van der Waals surface area contributed by atoms with Gasteiger partial charge < -0.3 is 0 Å². The fourth-order valence-corrected chi connectivity index (χ4v) is 0.842. The lowest BCUT2D eigenvalue weighted by atomic mass is 10.0. The average molecular weight is 138 g/mol. The Morgan fingerprint density at radius 1 is 1.50 bits per heavy atom. The second-order valence-electron chi connectivity index (χ2n) is 2.71. The summed E-state index contributed by atoms with van der Waals surface area (Å²) in [5.41, 5.74) is 0. The zero-order valence-electron chi connectivity index (χ0n) is 7.14. The summed E-state index contributed by atoms with van der Waals surface area (Å²) in [6, 6.07) is 0. The SMILES string of the molecule is C=CC(C)CCCC=CC. The Bertz CT molecular complexity index is 101. The standard InChI is InChI=1S/C10H18/c1-4-6-7-8-9-10(3)5-2/h4-6,10H,2,7-9H2,1,3H3. The fourth-order valence-electron chi connectivity index (χ4n) is 0.842. The fraction of sp³-hybridized carbons (Fsp3) is 0.600. The zero-order chi connectivity index (χ0) is 7.82. The van der Waals surface area contributed by atoms with Gasteiger partial charge in [0.1, 0.15) is 0 Å². The Hall–Kier alpha value is -0.520. The van der Waals surface area contributed by atoms with Gasteiger partial charge in [-0.15, -0.1) is 6.58 Å². The second-order valence-corrected chi connectivity index (χ2v) is 2.71. The summed E-state index contributed by atoms with van der Waals surface area (Å²) in [5.74, 6) is 0.685. The Kier molecular flexibility index (Phi) is 6.25. The first-order chi connectivity index (χ1) is 4.81. The van der Waals surface area contributed by atoms with E-state index < -0.39 is 0 Å². The van der Waals surface area contributed by atoms with Crippen LogP contribution in [0.4, 0.5) is 0 Å². The van der Waals surface area contributed by atoms with Gasteiger partial charge >= 0.3 is 0 Å². The minimum Gasteiger partial charge on any atom is -0.103 e. The van der Waals surface area contributed by atoms with Crippen molar-refractivity contribution in [2.24, 2.45) is 5.92 Å². The molecule has 1 atom stereocenters. The van der Waals surface area contributed by atoms with Gasteiger partial charge in [0, 0.05) is 0 Å². The summed E-state index contributed by atoms with van der Waals surface area (Å²) in [4.78, 5) is 0. The van der Waals surface area contributed by atoms with Gasteiger partial charge in [-0.1, -0.05) is 25.2 Å². The van der Waals surface area contributed by atoms with E-state index in [2.05, 4.69) is 32.6 Å². The van der Waals surface area contributed by atoms with Crippen LogP contribution in [0, 0.1) is 5.92 Å². The lowest BCUT2D eigenvalue weighted by Crippen LogP contribution is -1.86. The molecule has 0 saturated heterocycles. The van der Waals surface area contributed by atoms with Gasteiger partial charge in [0.15, 0.2) is 0 Å². The molecule has 10 heavy (non-hydrogen) atoms. The Morgan fingerprint density at radius 3 is 2.70 bits per heavy atom. The normalized spacial score (nSPS) is 13.8. The first-order valence-corrected chi connectivity index (χ1v) is 4.05. The Labute approximate surface area is 64.6 Å². The van der Waals surface area contributed by atoms with E-state index in [0.717, 1.165) is 0 Å². The third kappa shape index (κ3) is 5.61. The van der Waals surface area contributed by atoms with E-state index >= 15 is 0 Å². The summed E-state index contributed by atoms with van der Waals surface area (Å²) in [6.45, 7) is 8.02.